The summed E-state index contributed by atoms with van der Waals surface area (Å²) in [5, 5.41) is 6.52. The summed E-state index contributed by atoms with van der Waals surface area (Å²) in [6, 6.07) is 4.59. The molecule has 1 aliphatic rings. The molecule has 0 unspecified atom stereocenters. The van der Waals surface area contributed by atoms with Crippen molar-refractivity contribution < 1.29 is 32.0 Å². The maximum Gasteiger partial charge on any atom is 0.296 e. The Balaban J connectivity index is 1.72. The van der Waals surface area contributed by atoms with Crippen LogP contribution in [0.2, 0.25) is 0 Å². The van der Waals surface area contributed by atoms with Crippen molar-refractivity contribution in [3.63, 3.8) is 0 Å². The Kier molecular flexibility index (Phi) is 5.98. The molecule has 4 rings (SSSR count). The molecule has 0 spiro atoms. The lowest BCUT2D eigenvalue weighted by Crippen LogP contribution is -2.20. The van der Waals surface area contributed by atoms with Gasteiger partial charge in [-0.2, -0.15) is 8.42 Å². The van der Waals surface area contributed by atoms with Gasteiger partial charge in [-0.25, -0.2) is 4.98 Å². The number of nitrogens with zero attached hydrogens (tertiary/aromatic N) is 1. The third-order valence-electron chi connectivity index (χ3n) is 4.52. The van der Waals surface area contributed by atoms with E-state index in [1.807, 2.05) is 0 Å². The molecule has 13 heteroatoms. The number of hydrogen-bond acceptors (Lipinski definition) is 9. The first-order valence-corrected chi connectivity index (χ1v) is 11.7. The van der Waals surface area contributed by atoms with E-state index >= 15 is 0 Å². The number of hydrogen-bond donors (Lipinski definition) is 3. The zero-order valence-corrected chi connectivity index (χ0v) is 18.6. The molecule has 3 N–H and O–H groups in total. The van der Waals surface area contributed by atoms with Crippen LogP contribution >= 0.6 is 11.3 Å². The molecule has 2 aromatic heterocycles. The van der Waals surface area contributed by atoms with E-state index in [0.29, 0.717) is 5.76 Å². The quantitative estimate of drug-likeness (QED) is 0.321. The summed E-state index contributed by atoms with van der Waals surface area (Å²) >= 11 is 0.898. The van der Waals surface area contributed by atoms with Crippen LogP contribution in [0.5, 0.6) is 5.75 Å². The van der Waals surface area contributed by atoms with E-state index in [0.717, 1.165) is 17.4 Å². The van der Waals surface area contributed by atoms with E-state index in [1.54, 1.807) is 12.1 Å². The van der Waals surface area contributed by atoms with Crippen molar-refractivity contribution in [2.75, 3.05) is 17.1 Å². The van der Waals surface area contributed by atoms with Gasteiger partial charge in [0.25, 0.3) is 21.7 Å². The topological polar surface area (TPSA) is 157 Å². The summed E-state index contributed by atoms with van der Waals surface area (Å²) in [5.74, 6) is -1.66. The zero-order chi connectivity index (χ0) is 23.6. The van der Waals surface area contributed by atoms with Gasteiger partial charge in [-0.3, -0.25) is 19.1 Å². The number of sulfonamides is 1. The van der Waals surface area contributed by atoms with Crippen molar-refractivity contribution in [2.45, 2.75) is 10.9 Å². The Bertz CT molecular complexity index is 1360. The minimum atomic E-state index is -4.11. The highest BCUT2D eigenvalue weighted by Gasteiger charge is 2.34. The predicted molar refractivity (Wildman–Crippen MR) is 118 cm³/mol. The van der Waals surface area contributed by atoms with Crippen molar-refractivity contribution >= 4 is 56.4 Å². The van der Waals surface area contributed by atoms with E-state index in [9.17, 15) is 22.8 Å². The lowest BCUT2D eigenvalue weighted by Gasteiger charge is -2.16. The smallest absolute Gasteiger partial charge is 0.296 e. The molecule has 0 bridgehead atoms. The van der Waals surface area contributed by atoms with Crippen LogP contribution in [0, 0.1) is 0 Å². The molecular weight excluding hydrogens is 472 g/mol. The summed E-state index contributed by atoms with van der Waals surface area (Å²) in [4.78, 5) is 40.2. The average Bonchev–Trinajstić information content (AvgIpc) is 3.54. The summed E-state index contributed by atoms with van der Waals surface area (Å²) in [6.45, 7) is 0.144. The number of carbonyl (C=O) groups is 3. The van der Waals surface area contributed by atoms with Crippen molar-refractivity contribution in [1.29, 1.82) is 0 Å². The van der Waals surface area contributed by atoms with Crippen LogP contribution in [0.4, 0.5) is 11.4 Å². The SMILES string of the molecule is COc1c(/C=C/C(=O)NCc2ccco2)c(NS(=O)(=O)c2nccs2)cc2c1NC(=O)C2=O. The average molecular weight is 489 g/mol. The monoisotopic (exact) mass is 488 g/mol. The van der Waals surface area contributed by atoms with Crippen molar-refractivity contribution in [3.8, 4) is 5.75 Å². The number of Topliss-reactive ketones (excluding diaryl/α,β-unsaturated/α-hetero) is 1. The third kappa shape index (κ3) is 4.49. The van der Waals surface area contributed by atoms with Crippen LogP contribution < -0.4 is 20.1 Å². The zero-order valence-electron chi connectivity index (χ0n) is 16.9. The number of benzene rings is 1. The maximum absolute atomic E-state index is 12.7. The van der Waals surface area contributed by atoms with Gasteiger partial charge in [0.15, 0.2) is 5.75 Å². The minimum absolute atomic E-state index is 0.0126. The highest BCUT2D eigenvalue weighted by molar-refractivity contribution is 7.94. The molecule has 170 valence electrons. The molecule has 0 atom stereocenters. The summed E-state index contributed by atoms with van der Waals surface area (Å²) < 4.78 is 38.2. The molecule has 1 aromatic carbocycles. The van der Waals surface area contributed by atoms with Crippen molar-refractivity contribution in [3.05, 3.63) is 59.0 Å². The van der Waals surface area contributed by atoms with Gasteiger partial charge in [-0.05, 0) is 24.3 Å². The van der Waals surface area contributed by atoms with E-state index in [1.165, 1.54) is 37.1 Å². The highest BCUT2D eigenvalue weighted by Crippen LogP contribution is 2.42. The van der Waals surface area contributed by atoms with Gasteiger partial charge in [0.1, 0.15) is 5.76 Å². The number of amides is 2. The number of anilines is 2. The number of ether oxygens (including phenoxy) is 1. The Morgan fingerprint density at radius 3 is 2.85 bits per heavy atom. The van der Waals surface area contributed by atoms with Crippen molar-refractivity contribution in [2.24, 2.45) is 0 Å². The maximum atomic E-state index is 12.7. The second-order valence-electron chi connectivity index (χ2n) is 6.61. The minimum Gasteiger partial charge on any atom is -0.494 e. The number of rotatable bonds is 8. The molecule has 11 nitrogen and oxygen atoms in total. The molecule has 1 aliphatic heterocycles. The van der Waals surface area contributed by atoms with Crippen molar-refractivity contribution in [1.82, 2.24) is 10.3 Å². The van der Waals surface area contributed by atoms with Gasteiger partial charge in [0.2, 0.25) is 10.2 Å². The van der Waals surface area contributed by atoms with Gasteiger partial charge in [-0.1, -0.05) is 0 Å². The van der Waals surface area contributed by atoms with Gasteiger partial charge in [0.05, 0.1) is 36.9 Å². The molecular formula is C20H16N4O7S2. The molecule has 0 radical (unpaired) electrons. The predicted octanol–water partition coefficient (Wildman–Crippen LogP) is 2.01. The number of ketones is 1. The second-order valence-corrected chi connectivity index (χ2v) is 9.36. The van der Waals surface area contributed by atoms with Gasteiger partial charge >= 0.3 is 0 Å². The van der Waals surface area contributed by atoms with Crippen LogP contribution in [0.25, 0.3) is 6.08 Å². The first kappa shape index (κ1) is 22.2. The largest absolute Gasteiger partial charge is 0.494 e. The number of furan rings is 1. The summed E-state index contributed by atoms with van der Waals surface area (Å²) in [6.07, 6.45) is 5.28. The van der Waals surface area contributed by atoms with Gasteiger partial charge in [-0.15, -0.1) is 11.3 Å². The standard InChI is InChI=1S/C20H16N4O7S2/c1-30-18-12(4-5-15(25)22-10-11-3-2-7-31-11)14(9-13-16(18)23-19(27)17(13)26)24-33(28,29)20-21-6-8-32-20/h2-9,24H,10H2,1H3,(H,22,25)(H,23,26,27)/b5-4+. The fourth-order valence-corrected chi connectivity index (χ4v) is 4.97. The lowest BCUT2D eigenvalue weighted by atomic mass is 10.0. The number of fused-ring (bicyclic) bond motifs is 1. The van der Waals surface area contributed by atoms with Crippen LogP contribution in [0.3, 0.4) is 0 Å². The Morgan fingerprint density at radius 2 is 2.18 bits per heavy atom. The molecule has 0 aliphatic carbocycles. The normalized spacial score (nSPS) is 13.1. The molecule has 0 fully saturated rings. The molecule has 0 saturated carbocycles. The Morgan fingerprint density at radius 1 is 1.36 bits per heavy atom. The summed E-state index contributed by atoms with van der Waals surface area (Å²) in [5.41, 5.74) is 0.0775. The molecule has 0 saturated heterocycles. The summed E-state index contributed by atoms with van der Waals surface area (Å²) in [7, 11) is -2.82. The fourth-order valence-electron chi connectivity index (χ4n) is 3.07. The number of nitrogens with one attached hydrogen (secondary N) is 3. The van der Waals surface area contributed by atoms with E-state index in [-0.39, 0.29) is 39.1 Å². The lowest BCUT2D eigenvalue weighted by molar-refractivity contribution is -0.116. The van der Waals surface area contributed by atoms with Gasteiger partial charge < -0.3 is 19.8 Å². The molecule has 33 heavy (non-hydrogen) atoms. The van der Waals surface area contributed by atoms with Gasteiger partial charge in [0, 0.05) is 23.2 Å². The van der Waals surface area contributed by atoms with Crippen LogP contribution in [0.15, 0.2) is 50.9 Å². The van der Waals surface area contributed by atoms with E-state index in [2.05, 4.69) is 20.3 Å². The van der Waals surface area contributed by atoms with Crippen LogP contribution in [-0.4, -0.2) is 38.1 Å². The van der Waals surface area contributed by atoms with E-state index in [4.69, 9.17) is 9.15 Å². The number of aromatic nitrogens is 1. The third-order valence-corrected chi connectivity index (χ3v) is 7.08. The van der Waals surface area contributed by atoms with Crippen LogP contribution in [0.1, 0.15) is 21.7 Å². The Hall–Kier alpha value is -3.97. The molecule has 3 heterocycles. The highest BCUT2D eigenvalue weighted by atomic mass is 32.2. The van der Waals surface area contributed by atoms with Crippen LogP contribution in [-0.2, 0) is 26.2 Å². The fraction of sp³-hybridized carbons (Fsp3) is 0.100. The van der Waals surface area contributed by atoms with E-state index < -0.39 is 27.6 Å². The Labute approximate surface area is 191 Å². The number of methoxy groups -OCH3 is 1. The number of carbonyl (C=O) groups excluding carboxylic acids is 3. The first-order chi connectivity index (χ1) is 15.8. The number of thiazole rings is 1. The molecule has 2 amide bonds. The molecule has 3 aromatic rings. The second kappa shape index (κ2) is 8.88. The first-order valence-electron chi connectivity index (χ1n) is 9.31.